The Labute approximate surface area is 166 Å². The van der Waals surface area contributed by atoms with Crippen LogP contribution < -0.4 is 10.6 Å². The minimum Gasteiger partial charge on any atom is -0.339 e. The number of anilines is 1. The number of hydrogen-bond donors (Lipinski definition) is 2. The van der Waals surface area contributed by atoms with E-state index in [1.807, 2.05) is 31.4 Å². The molecule has 0 saturated carbocycles. The predicted molar refractivity (Wildman–Crippen MR) is 114 cm³/mol. The van der Waals surface area contributed by atoms with Crippen LogP contribution in [0.15, 0.2) is 35.7 Å². The fourth-order valence-electron chi connectivity index (χ4n) is 3.05. The molecule has 2 amide bonds. The van der Waals surface area contributed by atoms with E-state index in [1.54, 1.807) is 6.07 Å². The second-order valence-electron chi connectivity index (χ2n) is 7.78. The van der Waals surface area contributed by atoms with Crippen molar-refractivity contribution in [1.29, 1.82) is 0 Å². The summed E-state index contributed by atoms with van der Waals surface area (Å²) < 4.78 is 0. The number of benzene rings is 1. The monoisotopic (exact) mass is 386 g/mol. The Morgan fingerprint density at radius 3 is 1.93 bits per heavy atom. The third-order valence-corrected chi connectivity index (χ3v) is 5.47. The molecule has 0 spiro atoms. The van der Waals surface area contributed by atoms with Gasteiger partial charge in [0.1, 0.15) is 6.04 Å². The van der Waals surface area contributed by atoms with E-state index in [0.717, 1.165) is 16.8 Å². The van der Waals surface area contributed by atoms with Crippen molar-refractivity contribution in [2.45, 2.75) is 59.4 Å². The Kier molecular flexibility index (Phi) is 7.19. The predicted octanol–water partition coefficient (Wildman–Crippen LogP) is 5.39. The van der Waals surface area contributed by atoms with Gasteiger partial charge < -0.3 is 10.6 Å². The van der Waals surface area contributed by atoms with Gasteiger partial charge in [0.05, 0.1) is 4.88 Å². The third kappa shape index (κ3) is 5.19. The molecule has 1 atom stereocenters. The molecule has 0 saturated heterocycles. The number of thiophene rings is 1. The molecule has 2 N–H and O–H groups in total. The van der Waals surface area contributed by atoms with E-state index >= 15 is 0 Å². The number of para-hydroxylation sites is 1. The van der Waals surface area contributed by atoms with Crippen LogP contribution in [0.2, 0.25) is 0 Å². The molecule has 146 valence electrons. The number of nitrogens with one attached hydrogen (secondary N) is 2. The smallest absolute Gasteiger partial charge is 0.262 e. The molecule has 27 heavy (non-hydrogen) atoms. The summed E-state index contributed by atoms with van der Waals surface area (Å²) in [4.78, 5) is 26.1. The molecule has 1 heterocycles. The number of rotatable bonds is 7. The van der Waals surface area contributed by atoms with Gasteiger partial charge in [0.2, 0.25) is 5.91 Å². The molecule has 5 heteroatoms. The highest BCUT2D eigenvalue weighted by Gasteiger charge is 2.27. The minimum atomic E-state index is -0.597. The van der Waals surface area contributed by atoms with Gasteiger partial charge in [0.25, 0.3) is 5.91 Å². The number of carbonyl (C=O) groups excluding carboxylic acids is 2. The van der Waals surface area contributed by atoms with Crippen LogP contribution >= 0.6 is 11.3 Å². The van der Waals surface area contributed by atoms with Crippen LogP contribution in [0.3, 0.4) is 0 Å². The molecule has 0 aliphatic heterocycles. The zero-order chi connectivity index (χ0) is 20.1. The van der Waals surface area contributed by atoms with Gasteiger partial charge in [-0.3, -0.25) is 9.59 Å². The Morgan fingerprint density at radius 1 is 0.889 bits per heavy atom. The van der Waals surface area contributed by atoms with Crippen molar-refractivity contribution in [2.75, 3.05) is 5.32 Å². The van der Waals surface area contributed by atoms with Crippen molar-refractivity contribution in [3.05, 3.63) is 51.7 Å². The first-order chi connectivity index (χ1) is 12.7. The third-order valence-electron chi connectivity index (χ3n) is 4.60. The zero-order valence-corrected chi connectivity index (χ0v) is 17.8. The van der Waals surface area contributed by atoms with Gasteiger partial charge in [0, 0.05) is 5.69 Å². The molecule has 4 nitrogen and oxygen atoms in total. The molecule has 0 fully saturated rings. The van der Waals surface area contributed by atoms with E-state index in [2.05, 4.69) is 50.5 Å². The average Bonchev–Trinajstić information content (AvgIpc) is 3.13. The summed E-state index contributed by atoms with van der Waals surface area (Å²) in [5.41, 5.74) is 3.10. The summed E-state index contributed by atoms with van der Waals surface area (Å²) in [6.07, 6.45) is 0. The minimum absolute atomic E-state index is 0.0253. The maximum atomic E-state index is 13.1. The standard InChI is InChI=1S/C22H30N2O2S/c1-13(2)16-9-7-10-17(14(3)4)20(16)24-22(26)19(15(5)6)23-21(25)18-11-8-12-27-18/h7-15,19H,1-6H3,(H,23,25)(H,24,26)/t19-/m0/s1. The fraction of sp³-hybridized carbons (Fsp3) is 0.455. The topological polar surface area (TPSA) is 58.2 Å². The molecular weight excluding hydrogens is 356 g/mol. The van der Waals surface area contributed by atoms with E-state index < -0.39 is 6.04 Å². The SMILES string of the molecule is CC(C)c1cccc(C(C)C)c1NC(=O)[C@@H](NC(=O)c1cccs1)C(C)C. The fourth-order valence-corrected chi connectivity index (χ4v) is 3.68. The molecule has 2 aromatic rings. The van der Waals surface area contributed by atoms with Crippen LogP contribution in [0.25, 0.3) is 0 Å². The van der Waals surface area contributed by atoms with Gasteiger partial charge in [-0.15, -0.1) is 11.3 Å². The Bertz CT molecular complexity index is 753. The van der Waals surface area contributed by atoms with Gasteiger partial charge in [-0.05, 0) is 40.3 Å². The molecule has 1 aromatic heterocycles. The highest BCUT2D eigenvalue weighted by Crippen LogP contribution is 2.32. The van der Waals surface area contributed by atoms with Crippen molar-refractivity contribution < 1.29 is 9.59 Å². The quantitative estimate of drug-likeness (QED) is 0.670. The first-order valence-electron chi connectivity index (χ1n) is 9.50. The largest absolute Gasteiger partial charge is 0.339 e. The molecule has 0 radical (unpaired) electrons. The second kappa shape index (κ2) is 9.18. The second-order valence-corrected chi connectivity index (χ2v) is 8.73. The average molecular weight is 387 g/mol. The summed E-state index contributed by atoms with van der Waals surface area (Å²) in [6.45, 7) is 12.4. The van der Waals surface area contributed by atoms with Crippen LogP contribution in [0, 0.1) is 5.92 Å². The molecule has 1 aromatic carbocycles. The summed E-state index contributed by atoms with van der Waals surface area (Å²) in [5, 5.41) is 7.87. The molecule has 0 bridgehead atoms. The maximum Gasteiger partial charge on any atom is 0.262 e. The van der Waals surface area contributed by atoms with Crippen molar-refractivity contribution in [3.8, 4) is 0 Å². The highest BCUT2D eigenvalue weighted by atomic mass is 32.1. The van der Waals surface area contributed by atoms with Gasteiger partial charge in [-0.25, -0.2) is 0 Å². The molecular formula is C22H30N2O2S. The molecule has 0 unspecified atom stereocenters. The Hall–Kier alpha value is -2.14. The number of amides is 2. The van der Waals surface area contributed by atoms with Crippen molar-refractivity contribution in [1.82, 2.24) is 5.32 Å². The van der Waals surface area contributed by atoms with Gasteiger partial charge >= 0.3 is 0 Å². The van der Waals surface area contributed by atoms with Gasteiger partial charge in [0.15, 0.2) is 0 Å². The van der Waals surface area contributed by atoms with Crippen molar-refractivity contribution in [3.63, 3.8) is 0 Å². The Morgan fingerprint density at radius 2 is 1.48 bits per heavy atom. The highest BCUT2D eigenvalue weighted by molar-refractivity contribution is 7.12. The zero-order valence-electron chi connectivity index (χ0n) is 17.0. The van der Waals surface area contributed by atoms with E-state index in [1.165, 1.54) is 11.3 Å². The van der Waals surface area contributed by atoms with Crippen molar-refractivity contribution >= 4 is 28.8 Å². The lowest BCUT2D eigenvalue weighted by atomic mass is 9.92. The molecule has 2 rings (SSSR count). The van der Waals surface area contributed by atoms with Crippen LogP contribution in [0.5, 0.6) is 0 Å². The lowest BCUT2D eigenvalue weighted by Gasteiger charge is -2.25. The Balaban J connectivity index is 2.29. The summed E-state index contributed by atoms with van der Waals surface area (Å²) >= 11 is 1.37. The summed E-state index contributed by atoms with van der Waals surface area (Å²) in [7, 11) is 0. The van der Waals surface area contributed by atoms with Crippen LogP contribution in [0.4, 0.5) is 5.69 Å². The lowest BCUT2D eigenvalue weighted by molar-refractivity contribution is -0.118. The summed E-state index contributed by atoms with van der Waals surface area (Å²) in [5.74, 6) is 0.169. The first-order valence-corrected chi connectivity index (χ1v) is 10.4. The van der Waals surface area contributed by atoms with Crippen molar-refractivity contribution in [2.24, 2.45) is 5.92 Å². The first kappa shape index (κ1) is 21.2. The van der Waals surface area contributed by atoms with E-state index in [0.29, 0.717) is 4.88 Å². The lowest BCUT2D eigenvalue weighted by Crippen LogP contribution is -2.47. The number of carbonyl (C=O) groups is 2. The van der Waals surface area contributed by atoms with Gasteiger partial charge in [-0.1, -0.05) is 65.8 Å². The van der Waals surface area contributed by atoms with Crippen LogP contribution in [-0.2, 0) is 4.79 Å². The van der Waals surface area contributed by atoms with E-state index in [-0.39, 0.29) is 29.6 Å². The van der Waals surface area contributed by atoms with Gasteiger partial charge in [-0.2, -0.15) is 0 Å². The maximum absolute atomic E-state index is 13.1. The van der Waals surface area contributed by atoms with E-state index in [9.17, 15) is 9.59 Å². The van der Waals surface area contributed by atoms with E-state index in [4.69, 9.17) is 0 Å². The van der Waals surface area contributed by atoms with Crippen LogP contribution in [0.1, 0.15) is 74.2 Å². The number of hydrogen-bond acceptors (Lipinski definition) is 3. The normalized spacial score (nSPS) is 12.5. The van der Waals surface area contributed by atoms with Crippen LogP contribution in [-0.4, -0.2) is 17.9 Å². The molecule has 0 aliphatic carbocycles. The summed E-state index contributed by atoms with van der Waals surface area (Å²) in [6, 6.07) is 9.15. The molecule has 0 aliphatic rings.